The maximum absolute atomic E-state index is 13.4. The van der Waals surface area contributed by atoms with E-state index < -0.39 is 5.41 Å². The molecule has 29 heavy (non-hydrogen) atoms. The van der Waals surface area contributed by atoms with Crippen molar-refractivity contribution in [3.63, 3.8) is 0 Å². The van der Waals surface area contributed by atoms with Crippen LogP contribution in [0.4, 0.5) is 11.4 Å². The number of rotatable bonds is 5. The lowest BCUT2D eigenvalue weighted by Crippen LogP contribution is -2.38. The van der Waals surface area contributed by atoms with Crippen molar-refractivity contribution < 1.29 is 9.59 Å². The second-order valence-corrected chi connectivity index (χ2v) is 9.49. The first-order valence-electron chi connectivity index (χ1n) is 10.9. The van der Waals surface area contributed by atoms with Crippen LogP contribution < -0.4 is 10.2 Å². The molecule has 0 unspecified atom stereocenters. The van der Waals surface area contributed by atoms with Crippen LogP contribution in [0.15, 0.2) is 18.2 Å². The summed E-state index contributed by atoms with van der Waals surface area (Å²) in [7, 11) is 0. The number of nitrogens with zero attached hydrogens (tertiary/aromatic N) is 2. The normalized spacial score (nSPS) is 18.6. The van der Waals surface area contributed by atoms with Crippen molar-refractivity contribution in [3.8, 4) is 0 Å². The van der Waals surface area contributed by atoms with E-state index in [0.717, 1.165) is 63.5 Å². The lowest BCUT2D eigenvalue weighted by Gasteiger charge is -2.35. The Hall–Kier alpha value is -1.75. The Bertz CT molecular complexity index is 736. The second kappa shape index (κ2) is 9.38. The fourth-order valence-corrected chi connectivity index (χ4v) is 4.06. The van der Waals surface area contributed by atoms with Gasteiger partial charge in [-0.1, -0.05) is 6.92 Å². The van der Waals surface area contributed by atoms with Gasteiger partial charge in [0.1, 0.15) is 0 Å². The summed E-state index contributed by atoms with van der Waals surface area (Å²) < 4.78 is 0. The maximum atomic E-state index is 13.4. The number of benzene rings is 1. The van der Waals surface area contributed by atoms with Crippen LogP contribution in [0.2, 0.25) is 0 Å². The number of alkyl halides is 1. The van der Waals surface area contributed by atoms with E-state index in [4.69, 9.17) is 11.6 Å². The van der Waals surface area contributed by atoms with Gasteiger partial charge in [-0.25, -0.2) is 0 Å². The molecule has 2 fully saturated rings. The van der Waals surface area contributed by atoms with Crippen molar-refractivity contribution in [2.45, 2.75) is 52.9 Å². The van der Waals surface area contributed by atoms with Gasteiger partial charge < -0.3 is 15.1 Å². The third kappa shape index (κ3) is 5.25. The van der Waals surface area contributed by atoms with E-state index in [1.807, 2.05) is 36.9 Å². The number of likely N-dealkylation sites (tertiary alicyclic amines) is 1. The highest BCUT2D eigenvalue weighted by Gasteiger charge is 2.28. The number of halogens is 1. The molecule has 3 rings (SSSR count). The molecular formula is C23H34ClN3O2. The number of anilines is 2. The van der Waals surface area contributed by atoms with Gasteiger partial charge in [-0.3, -0.25) is 9.59 Å². The van der Waals surface area contributed by atoms with Crippen molar-refractivity contribution in [1.82, 2.24) is 4.90 Å². The summed E-state index contributed by atoms with van der Waals surface area (Å²) in [6.07, 6.45) is 5.58. The monoisotopic (exact) mass is 419 g/mol. The van der Waals surface area contributed by atoms with Crippen LogP contribution in [0.3, 0.4) is 0 Å². The SMILES string of the molecule is CC1CCN(c2ccc(NC(=O)C(C)(C)CCl)cc2C(=O)N2CCCCC2)CC1. The maximum Gasteiger partial charge on any atom is 0.256 e. The molecular weight excluding hydrogens is 386 g/mol. The molecule has 0 saturated carbocycles. The Balaban J connectivity index is 1.89. The Morgan fingerprint density at radius 3 is 2.38 bits per heavy atom. The first-order valence-corrected chi connectivity index (χ1v) is 11.4. The molecule has 160 valence electrons. The van der Waals surface area contributed by atoms with Gasteiger partial charge in [0.15, 0.2) is 0 Å². The molecule has 0 spiro atoms. The topological polar surface area (TPSA) is 52.7 Å². The van der Waals surface area contributed by atoms with Crippen LogP contribution in [0, 0.1) is 11.3 Å². The highest BCUT2D eigenvalue weighted by molar-refractivity contribution is 6.20. The molecule has 0 atom stereocenters. The fraction of sp³-hybridized carbons (Fsp3) is 0.652. The van der Waals surface area contributed by atoms with Crippen molar-refractivity contribution in [2.24, 2.45) is 11.3 Å². The zero-order valence-electron chi connectivity index (χ0n) is 18.0. The van der Waals surface area contributed by atoms with Crippen molar-refractivity contribution in [3.05, 3.63) is 23.8 Å². The van der Waals surface area contributed by atoms with Gasteiger partial charge in [0, 0.05) is 43.4 Å². The highest BCUT2D eigenvalue weighted by Crippen LogP contribution is 2.31. The molecule has 6 heteroatoms. The average Bonchev–Trinajstić information content (AvgIpc) is 2.74. The van der Waals surface area contributed by atoms with E-state index in [2.05, 4.69) is 17.1 Å². The Morgan fingerprint density at radius 2 is 1.76 bits per heavy atom. The molecule has 2 aliphatic rings. The van der Waals surface area contributed by atoms with E-state index >= 15 is 0 Å². The minimum atomic E-state index is -0.666. The molecule has 2 saturated heterocycles. The number of nitrogens with one attached hydrogen (secondary N) is 1. The van der Waals surface area contributed by atoms with Crippen LogP contribution in [-0.2, 0) is 4.79 Å². The predicted molar refractivity (Wildman–Crippen MR) is 120 cm³/mol. The lowest BCUT2D eigenvalue weighted by atomic mass is 9.95. The Kier molecular flexibility index (Phi) is 7.10. The molecule has 1 aromatic rings. The summed E-state index contributed by atoms with van der Waals surface area (Å²) in [6, 6.07) is 5.76. The summed E-state index contributed by atoms with van der Waals surface area (Å²) in [4.78, 5) is 30.2. The molecule has 2 aliphatic heterocycles. The van der Waals surface area contributed by atoms with Gasteiger partial charge in [-0.2, -0.15) is 0 Å². The summed E-state index contributed by atoms with van der Waals surface area (Å²) >= 11 is 5.95. The minimum absolute atomic E-state index is 0.0750. The molecule has 1 aromatic carbocycles. The standard InChI is InChI=1S/C23H34ClN3O2/c1-17-9-13-26(14-10-17)20-8-7-18(25-22(29)23(2,3)16-24)15-19(20)21(28)27-11-5-4-6-12-27/h7-8,15,17H,4-6,9-14,16H2,1-3H3,(H,25,29). The van der Waals surface area contributed by atoms with Gasteiger partial charge in [0.05, 0.1) is 11.0 Å². The highest BCUT2D eigenvalue weighted by atomic mass is 35.5. The lowest BCUT2D eigenvalue weighted by molar-refractivity contribution is -0.122. The summed E-state index contributed by atoms with van der Waals surface area (Å²) in [5.41, 5.74) is 1.67. The smallest absolute Gasteiger partial charge is 0.256 e. The van der Waals surface area contributed by atoms with Crippen LogP contribution in [0.5, 0.6) is 0 Å². The quantitative estimate of drug-likeness (QED) is 0.700. The summed E-state index contributed by atoms with van der Waals surface area (Å²) in [5.74, 6) is 0.904. The number of amides is 2. The zero-order valence-corrected chi connectivity index (χ0v) is 18.7. The molecule has 0 radical (unpaired) electrons. The second-order valence-electron chi connectivity index (χ2n) is 9.23. The molecule has 0 aliphatic carbocycles. The number of hydrogen-bond donors (Lipinski definition) is 1. The van der Waals surface area contributed by atoms with E-state index in [-0.39, 0.29) is 17.7 Å². The van der Waals surface area contributed by atoms with E-state index in [1.165, 1.54) is 6.42 Å². The molecule has 2 heterocycles. The molecule has 5 nitrogen and oxygen atoms in total. The van der Waals surface area contributed by atoms with Gasteiger partial charge in [-0.05, 0) is 70.1 Å². The van der Waals surface area contributed by atoms with Crippen LogP contribution in [0.25, 0.3) is 0 Å². The number of piperidine rings is 2. The largest absolute Gasteiger partial charge is 0.371 e. The third-order valence-corrected chi connectivity index (χ3v) is 6.87. The third-order valence-electron chi connectivity index (χ3n) is 6.20. The Morgan fingerprint density at radius 1 is 1.10 bits per heavy atom. The van der Waals surface area contributed by atoms with Crippen LogP contribution in [0.1, 0.15) is 63.2 Å². The van der Waals surface area contributed by atoms with Crippen molar-refractivity contribution in [1.29, 1.82) is 0 Å². The average molecular weight is 420 g/mol. The van der Waals surface area contributed by atoms with Gasteiger partial charge >= 0.3 is 0 Å². The van der Waals surface area contributed by atoms with Crippen LogP contribution >= 0.6 is 11.6 Å². The zero-order chi connectivity index (χ0) is 21.0. The number of carbonyl (C=O) groups excluding carboxylic acids is 2. The number of carbonyl (C=O) groups is 2. The van der Waals surface area contributed by atoms with Gasteiger partial charge in [0.25, 0.3) is 5.91 Å². The first kappa shape index (κ1) is 21.9. The molecule has 0 aromatic heterocycles. The molecule has 2 amide bonds. The predicted octanol–water partition coefficient (Wildman–Crippen LogP) is 4.75. The number of hydrogen-bond acceptors (Lipinski definition) is 3. The van der Waals surface area contributed by atoms with Gasteiger partial charge in [-0.15, -0.1) is 11.6 Å². The summed E-state index contributed by atoms with van der Waals surface area (Å²) in [6.45, 7) is 9.47. The van der Waals surface area contributed by atoms with Gasteiger partial charge in [0.2, 0.25) is 5.91 Å². The molecule has 1 N–H and O–H groups in total. The fourth-order valence-electron chi connectivity index (χ4n) is 3.94. The minimum Gasteiger partial charge on any atom is -0.371 e. The van der Waals surface area contributed by atoms with Crippen molar-refractivity contribution in [2.75, 3.05) is 42.3 Å². The first-order chi connectivity index (χ1) is 13.8. The van der Waals surface area contributed by atoms with E-state index in [9.17, 15) is 9.59 Å². The Labute approximate surface area is 179 Å². The van der Waals surface area contributed by atoms with E-state index in [0.29, 0.717) is 11.3 Å². The molecule has 0 bridgehead atoms. The van der Waals surface area contributed by atoms with Crippen LogP contribution in [-0.4, -0.2) is 48.8 Å². The summed E-state index contributed by atoms with van der Waals surface area (Å²) in [5, 5.41) is 2.96. The van der Waals surface area contributed by atoms with E-state index in [1.54, 1.807) is 0 Å². The van der Waals surface area contributed by atoms with Crippen molar-refractivity contribution >= 4 is 34.8 Å².